The standard InChI is InChI=1S/C18H19N3O3/c1-3-14-17(12(2)13-7-4-5-8-15(13)21-14)18(23)24-11-16(22)20-10-6-9-19/h4-5,7-8H,3,6,10-11H2,1-2H3,(H,20,22). The van der Waals surface area contributed by atoms with Crippen molar-refractivity contribution in [2.24, 2.45) is 0 Å². The van der Waals surface area contributed by atoms with Crippen molar-refractivity contribution in [1.82, 2.24) is 10.3 Å². The van der Waals surface area contributed by atoms with Crippen molar-refractivity contribution in [3.05, 3.63) is 41.1 Å². The van der Waals surface area contributed by atoms with E-state index >= 15 is 0 Å². The maximum atomic E-state index is 12.4. The number of fused-ring (bicyclic) bond motifs is 1. The number of para-hydroxylation sites is 1. The molecular weight excluding hydrogens is 306 g/mol. The number of rotatable bonds is 6. The van der Waals surface area contributed by atoms with Crippen LogP contribution in [0.25, 0.3) is 10.9 Å². The maximum Gasteiger partial charge on any atom is 0.340 e. The molecule has 6 nitrogen and oxygen atoms in total. The van der Waals surface area contributed by atoms with Gasteiger partial charge in [-0.25, -0.2) is 4.79 Å². The van der Waals surface area contributed by atoms with Crippen LogP contribution in [0.3, 0.4) is 0 Å². The van der Waals surface area contributed by atoms with Crippen LogP contribution in [-0.2, 0) is 16.0 Å². The number of esters is 1. The van der Waals surface area contributed by atoms with Gasteiger partial charge in [-0.15, -0.1) is 0 Å². The Balaban J connectivity index is 2.18. The minimum atomic E-state index is -0.557. The number of carbonyl (C=O) groups is 2. The van der Waals surface area contributed by atoms with Crippen molar-refractivity contribution in [2.45, 2.75) is 26.7 Å². The number of benzene rings is 1. The highest BCUT2D eigenvalue weighted by Gasteiger charge is 2.19. The molecule has 2 aromatic rings. The summed E-state index contributed by atoms with van der Waals surface area (Å²) in [5.41, 5.74) is 2.70. The Morgan fingerprint density at radius 1 is 1.33 bits per heavy atom. The molecule has 0 bridgehead atoms. The van der Waals surface area contributed by atoms with E-state index in [2.05, 4.69) is 10.3 Å². The molecule has 0 unspecified atom stereocenters. The second kappa shape index (κ2) is 8.06. The molecule has 1 amide bonds. The lowest BCUT2D eigenvalue weighted by atomic mass is 10.0. The third kappa shape index (κ3) is 3.87. The maximum absolute atomic E-state index is 12.4. The number of aromatic nitrogens is 1. The number of nitrogens with zero attached hydrogens (tertiary/aromatic N) is 2. The molecule has 24 heavy (non-hydrogen) atoms. The van der Waals surface area contributed by atoms with E-state index in [-0.39, 0.29) is 19.6 Å². The first-order valence-corrected chi connectivity index (χ1v) is 7.77. The highest BCUT2D eigenvalue weighted by Crippen LogP contribution is 2.23. The van der Waals surface area contributed by atoms with E-state index in [9.17, 15) is 9.59 Å². The van der Waals surface area contributed by atoms with Crippen LogP contribution < -0.4 is 5.32 Å². The van der Waals surface area contributed by atoms with Gasteiger partial charge in [-0.1, -0.05) is 25.1 Å². The zero-order valence-electron chi connectivity index (χ0n) is 13.8. The smallest absolute Gasteiger partial charge is 0.340 e. The van der Waals surface area contributed by atoms with Crippen LogP contribution >= 0.6 is 0 Å². The molecule has 0 atom stereocenters. The molecular formula is C18H19N3O3. The van der Waals surface area contributed by atoms with E-state index in [4.69, 9.17) is 10.00 Å². The zero-order valence-corrected chi connectivity index (χ0v) is 13.8. The highest BCUT2D eigenvalue weighted by atomic mass is 16.5. The van der Waals surface area contributed by atoms with Crippen LogP contribution in [0.2, 0.25) is 0 Å². The van der Waals surface area contributed by atoms with Crippen LogP contribution in [0.5, 0.6) is 0 Å². The molecule has 1 aromatic heterocycles. The average Bonchev–Trinajstić information content (AvgIpc) is 2.59. The highest BCUT2D eigenvalue weighted by molar-refractivity contribution is 5.99. The summed E-state index contributed by atoms with van der Waals surface area (Å²) in [6.07, 6.45) is 0.803. The van der Waals surface area contributed by atoms with Gasteiger partial charge in [0.15, 0.2) is 6.61 Å². The average molecular weight is 325 g/mol. The molecule has 0 spiro atoms. The second-order valence-electron chi connectivity index (χ2n) is 5.26. The number of hydrogen-bond acceptors (Lipinski definition) is 5. The molecule has 0 aliphatic rings. The summed E-state index contributed by atoms with van der Waals surface area (Å²) in [4.78, 5) is 28.5. The molecule has 6 heteroatoms. The second-order valence-corrected chi connectivity index (χ2v) is 5.26. The fraction of sp³-hybridized carbons (Fsp3) is 0.333. The summed E-state index contributed by atoms with van der Waals surface area (Å²) >= 11 is 0. The van der Waals surface area contributed by atoms with Crippen molar-refractivity contribution >= 4 is 22.8 Å². The SMILES string of the molecule is CCc1nc2ccccc2c(C)c1C(=O)OCC(=O)NCCC#N. The Labute approximate surface area is 140 Å². The van der Waals surface area contributed by atoms with Crippen LogP contribution in [0, 0.1) is 18.3 Å². The molecule has 1 heterocycles. The van der Waals surface area contributed by atoms with Gasteiger partial charge in [0.2, 0.25) is 0 Å². The molecule has 0 saturated heterocycles. The summed E-state index contributed by atoms with van der Waals surface area (Å²) < 4.78 is 5.12. The molecule has 0 aliphatic heterocycles. The van der Waals surface area contributed by atoms with E-state index in [1.54, 1.807) is 0 Å². The normalized spacial score (nSPS) is 10.2. The van der Waals surface area contributed by atoms with Gasteiger partial charge in [-0.3, -0.25) is 9.78 Å². The number of ether oxygens (including phenoxy) is 1. The number of hydrogen-bond donors (Lipinski definition) is 1. The van der Waals surface area contributed by atoms with Gasteiger partial charge in [0, 0.05) is 11.9 Å². The van der Waals surface area contributed by atoms with Crippen LogP contribution in [0.1, 0.15) is 35.0 Å². The fourth-order valence-corrected chi connectivity index (χ4v) is 2.48. The van der Waals surface area contributed by atoms with E-state index in [0.717, 1.165) is 16.5 Å². The Kier molecular flexibility index (Phi) is 5.85. The molecule has 0 saturated carbocycles. The van der Waals surface area contributed by atoms with Gasteiger partial charge in [0.1, 0.15) is 0 Å². The number of pyridine rings is 1. The van der Waals surface area contributed by atoms with E-state index < -0.39 is 11.9 Å². The summed E-state index contributed by atoms with van der Waals surface area (Å²) in [5.74, 6) is -0.985. The molecule has 2 rings (SSSR count). The molecule has 0 aliphatic carbocycles. The predicted molar refractivity (Wildman–Crippen MR) is 89.4 cm³/mol. The number of nitrogens with one attached hydrogen (secondary N) is 1. The lowest BCUT2D eigenvalue weighted by Crippen LogP contribution is -2.29. The molecule has 0 fully saturated rings. The minimum Gasteiger partial charge on any atom is -0.452 e. The molecule has 1 N–H and O–H groups in total. The predicted octanol–water partition coefficient (Wildman–Crippen LogP) is 2.29. The van der Waals surface area contributed by atoms with Crippen molar-refractivity contribution in [2.75, 3.05) is 13.2 Å². The van der Waals surface area contributed by atoms with E-state index in [1.165, 1.54) is 0 Å². The molecule has 124 valence electrons. The summed E-state index contributed by atoms with van der Waals surface area (Å²) in [6.45, 7) is 3.64. The molecule has 1 aromatic carbocycles. The fourth-order valence-electron chi connectivity index (χ4n) is 2.48. The Morgan fingerprint density at radius 2 is 2.08 bits per heavy atom. The van der Waals surface area contributed by atoms with Crippen molar-refractivity contribution in [1.29, 1.82) is 5.26 Å². The van der Waals surface area contributed by atoms with Crippen LogP contribution in [-0.4, -0.2) is 30.0 Å². The number of aryl methyl sites for hydroxylation is 2. The van der Waals surface area contributed by atoms with E-state index in [1.807, 2.05) is 44.2 Å². The zero-order chi connectivity index (χ0) is 17.5. The number of carbonyl (C=O) groups excluding carboxylic acids is 2. The number of amides is 1. The summed E-state index contributed by atoms with van der Waals surface area (Å²) in [7, 11) is 0. The van der Waals surface area contributed by atoms with Gasteiger partial charge in [0.05, 0.1) is 29.3 Å². The third-order valence-electron chi connectivity index (χ3n) is 3.66. The Bertz CT molecular complexity index is 809. The van der Waals surface area contributed by atoms with Crippen LogP contribution in [0.15, 0.2) is 24.3 Å². The van der Waals surface area contributed by atoms with Crippen molar-refractivity contribution < 1.29 is 14.3 Å². The minimum absolute atomic E-state index is 0.216. The van der Waals surface area contributed by atoms with Crippen LogP contribution in [0.4, 0.5) is 0 Å². The lowest BCUT2D eigenvalue weighted by Gasteiger charge is -2.13. The summed E-state index contributed by atoms with van der Waals surface area (Å²) in [5, 5.41) is 11.8. The van der Waals surface area contributed by atoms with Gasteiger partial charge in [-0.2, -0.15) is 5.26 Å². The topological polar surface area (TPSA) is 92.1 Å². The first kappa shape index (κ1) is 17.4. The van der Waals surface area contributed by atoms with Crippen molar-refractivity contribution in [3.63, 3.8) is 0 Å². The third-order valence-corrected chi connectivity index (χ3v) is 3.66. The summed E-state index contributed by atoms with van der Waals surface area (Å²) in [6, 6.07) is 9.52. The largest absolute Gasteiger partial charge is 0.452 e. The first-order valence-electron chi connectivity index (χ1n) is 7.77. The van der Waals surface area contributed by atoms with Gasteiger partial charge >= 0.3 is 5.97 Å². The van der Waals surface area contributed by atoms with Gasteiger partial charge in [0.25, 0.3) is 5.91 Å². The van der Waals surface area contributed by atoms with Crippen molar-refractivity contribution in [3.8, 4) is 6.07 Å². The number of nitriles is 1. The Hall–Kier alpha value is -2.94. The first-order chi connectivity index (χ1) is 11.6. The van der Waals surface area contributed by atoms with Gasteiger partial charge in [-0.05, 0) is 25.0 Å². The monoisotopic (exact) mass is 325 g/mol. The molecule has 0 radical (unpaired) electrons. The Morgan fingerprint density at radius 3 is 2.79 bits per heavy atom. The van der Waals surface area contributed by atoms with E-state index in [0.29, 0.717) is 17.7 Å². The quantitative estimate of drug-likeness (QED) is 0.650. The lowest BCUT2D eigenvalue weighted by molar-refractivity contribution is -0.124. The van der Waals surface area contributed by atoms with Gasteiger partial charge < -0.3 is 10.1 Å².